The van der Waals surface area contributed by atoms with Gasteiger partial charge in [0, 0.05) is 19.2 Å². The number of nitrogens with zero attached hydrogens (tertiary/aromatic N) is 1. The van der Waals surface area contributed by atoms with E-state index >= 15 is 0 Å². The van der Waals surface area contributed by atoms with E-state index in [4.69, 9.17) is 0 Å². The van der Waals surface area contributed by atoms with Crippen LogP contribution in [-0.4, -0.2) is 19.3 Å². The predicted octanol–water partition coefficient (Wildman–Crippen LogP) is 4.36. The van der Waals surface area contributed by atoms with Crippen LogP contribution >= 0.6 is 0 Å². The molecule has 0 atom stereocenters. The highest BCUT2D eigenvalue weighted by atomic mass is 19.4. The van der Waals surface area contributed by atoms with E-state index < -0.39 is 40.8 Å². The molecule has 1 saturated heterocycles. The Bertz CT molecular complexity index is 545. The molecule has 21 heavy (non-hydrogen) atoms. The highest BCUT2D eigenvalue weighted by molar-refractivity contribution is 5.53. The fourth-order valence-corrected chi connectivity index (χ4v) is 2.20. The van der Waals surface area contributed by atoms with Gasteiger partial charge in [-0.3, -0.25) is 0 Å². The molecule has 1 fully saturated rings. The van der Waals surface area contributed by atoms with Crippen molar-refractivity contribution in [1.82, 2.24) is 0 Å². The van der Waals surface area contributed by atoms with Gasteiger partial charge in [-0.05, 0) is 12.8 Å². The molecule has 0 saturated carbocycles. The second kappa shape index (κ2) is 5.03. The Morgan fingerprint density at radius 3 is 1.86 bits per heavy atom. The van der Waals surface area contributed by atoms with E-state index in [1.807, 2.05) is 0 Å². The first-order valence-electron chi connectivity index (χ1n) is 5.95. The predicted molar refractivity (Wildman–Crippen MR) is 57.7 cm³/mol. The summed E-state index contributed by atoms with van der Waals surface area (Å²) in [7, 11) is 0. The summed E-state index contributed by atoms with van der Waals surface area (Å²) in [6.45, 7) is 0.331. The molecule has 0 aromatic heterocycles. The number of hydrogen-bond donors (Lipinski definition) is 0. The van der Waals surface area contributed by atoms with Crippen molar-refractivity contribution < 1.29 is 35.1 Å². The van der Waals surface area contributed by atoms with E-state index in [0.29, 0.717) is 18.9 Å². The molecule has 1 heterocycles. The number of alkyl halides is 5. The van der Waals surface area contributed by atoms with E-state index in [2.05, 4.69) is 0 Å². The van der Waals surface area contributed by atoms with Gasteiger partial charge < -0.3 is 4.90 Å². The average Bonchev–Trinajstić information content (AvgIpc) is 2.85. The molecule has 2 rings (SSSR count). The highest BCUT2D eigenvalue weighted by Gasteiger charge is 2.62. The van der Waals surface area contributed by atoms with Crippen LogP contribution in [0.1, 0.15) is 18.4 Å². The summed E-state index contributed by atoms with van der Waals surface area (Å²) in [5, 5.41) is 0. The first kappa shape index (κ1) is 15.8. The zero-order valence-electron chi connectivity index (χ0n) is 10.4. The average molecular weight is 319 g/mol. The number of rotatable bonds is 2. The van der Waals surface area contributed by atoms with Gasteiger partial charge in [0.1, 0.15) is 5.56 Å². The Hall–Kier alpha value is -1.54. The maximum absolute atomic E-state index is 14.0. The Morgan fingerprint density at radius 2 is 1.38 bits per heavy atom. The summed E-state index contributed by atoms with van der Waals surface area (Å²) >= 11 is 0. The van der Waals surface area contributed by atoms with Gasteiger partial charge in [0.25, 0.3) is 0 Å². The lowest BCUT2D eigenvalue weighted by molar-refractivity contribution is -0.291. The van der Waals surface area contributed by atoms with Gasteiger partial charge in [-0.1, -0.05) is 0 Å². The zero-order valence-corrected chi connectivity index (χ0v) is 10.4. The third-order valence-electron chi connectivity index (χ3n) is 3.25. The van der Waals surface area contributed by atoms with Gasteiger partial charge in [-0.2, -0.15) is 22.0 Å². The van der Waals surface area contributed by atoms with Crippen molar-refractivity contribution in [2.24, 2.45) is 0 Å². The van der Waals surface area contributed by atoms with E-state index in [-0.39, 0.29) is 13.1 Å². The molecular weight excluding hydrogens is 310 g/mol. The van der Waals surface area contributed by atoms with Gasteiger partial charge >= 0.3 is 12.1 Å². The van der Waals surface area contributed by atoms with E-state index in [1.54, 1.807) is 0 Å². The van der Waals surface area contributed by atoms with Gasteiger partial charge in [0.2, 0.25) is 0 Å². The molecule has 0 amide bonds. The van der Waals surface area contributed by atoms with E-state index in [1.165, 1.54) is 0 Å². The van der Waals surface area contributed by atoms with Gasteiger partial charge in [-0.25, -0.2) is 13.2 Å². The highest BCUT2D eigenvalue weighted by Crippen LogP contribution is 2.47. The number of hydrogen-bond acceptors (Lipinski definition) is 1. The van der Waals surface area contributed by atoms with Crippen molar-refractivity contribution in [3.8, 4) is 0 Å². The zero-order chi connectivity index (χ0) is 16.0. The Labute approximate surface area is 114 Å². The second-order valence-electron chi connectivity index (χ2n) is 4.65. The second-order valence-corrected chi connectivity index (χ2v) is 4.65. The molecule has 1 aromatic rings. The lowest BCUT2D eigenvalue weighted by atomic mass is 10.0. The fourth-order valence-electron chi connectivity index (χ4n) is 2.20. The molecule has 1 aromatic carbocycles. The SMILES string of the molecule is Fc1cc(N2CCCC2)c(F)c(C(F)(F)C(F)(F)F)c1F. The van der Waals surface area contributed by atoms with Crippen LogP contribution in [0, 0.1) is 17.5 Å². The smallest absolute Gasteiger partial charge is 0.369 e. The minimum atomic E-state index is -6.23. The van der Waals surface area contributed by atoms with Crippen molar-refractivity contribution in [3.63, 3.8) is 0 Å². The van der Waals surface area contributed by atoms with Crippen LogP contribution in [0.3, 0.4) is 0 Å². The summed E-state index contributed by atoms with van der Waals surface area (Å²) in [6.07, 6.45) is -5.14. The molecule has 9 heteroatoms. The number of benzene rings is 1. The maximum Gasteiger partial charge on any atom is 0.458 e. The molecule has 1 nitrogen and oxygen atoms in total. The van der Waals surface area contributed by atoms with Crippen molar-refractivity contribution in [1.29, 1.82) is 0 Å². The molecule has 0 N–H and O–H groups in total. The van der Waals surface area contributed by atoms with Crippen LogP contribution in [0.25, 0.3) is 0 Å². The van der Waals surface area contributed by atoms with Crippen molar-refractivity contribution in [2.45, 2.75) is 24.9 Å². The molecule has 1 aliphatic rings. The van der Waals surface area contributed by atoms with Gasteiger partial charge in [0.15, 0.2) is 17.5 Å². The minimum Gasteiger partial charge on any atom is -0.369 e. The number of anilines is 1. The van der Waals surface area contributed by atoms with Crippen molar-refractivity contribution in [2.75, 3.05) is 18.0 Å². The third kappa shape index (κ3) is 2.53. The molecule has 0 spiro atoms. The summed E-state index contributed by atoms with van der Waals surface area (Å²) in [5.74, 6) is -12.4. The summed E-state index contributed by atoms with van der Waals surface area (Å²) in [5.41, 5.74) is -3.39. The molecule has 0 radical (unpaired) electrons. The molecular formula is C12H9F8N. The third-order valence-corrected chi connectivity index (χ3v) is 3.25. The summed E-state index contributed by atoms with van der Waals surface area (Å²) in [4.78, 5) is 1.10. The molecule has 0 unspecified atom stereocenters. The summed E-state index contributed by atoms with van der Waals surface area (Å²) < 4.78 is 104. The number of halogens is 8. The van der Waals surface area contributed by atoms with Crippen LogP contribution in [0.15, 0.2) is 6.07 Å². The maximum atomic E-state index is 14.0. The molecule has 0 aliphatic carbocycles. The van der Waals surface area contributed by atoms with Crippen LogP contribution < -0.4 is 4.90 Å². The van der Waals surface area contributed by atoms with E-state index in [9.17, 15) is 35.1 Å². The first-order valence-corrected chi connectivity index (χ1v) is 5.95. The molecule has 1 aliphatic heterocycles. The van der Waals surface area contributed by atoms with E-state index in [0.717, 1.165) is 4.90 Å². The quantitative estimate of drug-likeness (QED) is 0.578. The fraction of sp³-hybridized carbons (Fsp3) is 0.500. The van der Waals surface area contributed by atoms with Crippen LogP contribution in [0.4, 0.5) is 40.8 Å². The molecule has 0 bridgehead atoms. The van der Waals surface area contributed by atoms with Gasteiger partial charge in [-0.15, -0.1) is 0 Å². The van der Waals surface area contributed by atoms with Crippen molar-refractivity contribution in [3.05, 3.63) is 29.1 Å². The monoisotopic (exact) mass is 319 g/mol. The van der Waals surface area contributed by atoms with Crippen LogP contribution in [0.5, 0.6) is 0 Å². The van der Waals surface area contributed by atoms with Crippen LogP contribution in [-0.2, 0) is 5.92 Å². The van der Waals surface area contributed by atoms with Crippen molar-refractivity contribution >= 4 is 5.69 Å². The lowest BCUT2D eigenvalue weighted by Gasteiger charge is -2.25. The van der Waals surface area contributed by atoms with Gasteiger partial charge in [0.05, 0.1) is 5.69 Å². The lowest BCUT2D eigenvalue weighted by Crippen LogP contribution is -2.36. The minimum absolute atomic E-state index is 0.166. The summed E-state index contributed by atoms with van der Waals surface area (Å²) in [6, 6.07) is 0.298. The first-order chi connectivity index (χ1) is 9.57. The largest absolute Gasteiger partial charge is 0.458 e. The molecule has 118 valence electrons. The topological polar surface area (TPSA) is 3.24 Å². The Morgan fingerprint density at radius 1 is 0.857 bits per heavy atom. The van der Waals surface area contributed by atoms with Crippen LogP contribution in [0.2, 0.25) is 0 Å². The Balaban J connectivity index is 2.65. The Kier molecular flexibility index (Phi) is 3.79. The standard InChI is InChI=1S/C12H9F8N/c13-6-5-7(21-3-1-2-4-21)10(15)8(9(6)14)11(16,17)12(18,19)20/h5H,1-4H2. The normalized spacial score (nSPS) is 16.7.